The highest BCUT2D eigenvalue weighted by Gasteiger charge is 2.21. The molecule has 1 aromatic carbocycles. The largest absolute Gasteiger partial charge is 0.584 e. The minimum atomic E-state index is 0.0267. The first-order valence-electron chi connectivity index (χ1n) is 9.63. The number of rotatable bonds is 12. The molecule has 0 radical (unpaired) electrons. The number of aliphatic hydroxyl groups is 2. The Kier molecular flexibility index (Phi) is 11.0. The highest BCUT2D eigenvalue weighted by atomic mass is 31.1. The van der Waals surface area contributed by atoms with Gasteiger partial charge in [-0.2, -0.15) is 0 Å². The van der Waals surface area contributed by atoms with Crippen molar-refractivity contribution in [2.45, 2.75) is 51.9 Å². The summed E-state index contributed by atoms with van der Waals surface area (Å²) in [5.41, 5.74) is 2.79. The molecule has 0 aliphatic rings. The quantitative estimate of drug-likeness (QED) is 0.223. The standard InChI is InChI=1S/C21H38O2P2/c1-8-10-11-17(9-2)14-23-21-13-18(15-24(4)5)20(22-3)12-19(21)16-25(6)7/h12-13,17H,8-11,14-16H2,1-7H3/p+2. The molecule has 0 aromatic heterocycles. The smallest absolute Gasteiger partial charge is 0.259 e. The predicted octanol–water partition coefficient (Wildman–Crippen LogP) is 6.50. The second-order valence-electron chi connectivity index (χ2n) is 7.57. The third-order valence-corrected chi connectivity index (χ3v) is 6.50. The molecule has 0 amide bonds. The van der Waals surface area contributed by atoms with E-state index in [9.17, 15) is 0 Å². The van der Waals surface area contributed by atoms with Crippen LogP contribution in [0.1, 0.15) is 50.7 Å². The van der Waals surface area contributed by atoms with Crippen LogP contribution in [-0.2, 0) is 12.3 Å². The van der Waals surface area contributed by atoms with Crippen molar-refractivity contribution in [2.24, 2.45) is 5.92 Å². The summed E-state index contributed by atoms with van der Waals surface area (Å²) in [5, 5.41) is 0. The van der Waals surface area contributed by atoms with Crippen LogP contribution in [0.2, 0.25) is 0 Å². The molecule has 0 aliphatic carbocycles. The van der Waals surface area contributed by atoms with Gasteiger partial charge in [-0.05, 0) is 39.5 Å². The van der Waals surface area contributed by atoms with Crippen molar-refractivity contribution in [2.75, 3.05) is 40.4 Å². The summed E-state index contributed by atoms with van der Waals surface area (Å²) < 4.78 is 9.66. The van der Waals surface area contributed by atoms with Gasteiger partial charge in [0.05, 0.1) is 11.1 Å². The number of unbranched alkanes of at least 4 members (excludes halogenated alkanes) is 1. The lowest BCUT2D eigenvalue weighted by Crippen LogP contribution is -2.10. The molecular weight excluding hydrogens is 346 g/mol. The predicted molar refractivity (Wildman–Crippen MR) is 119 cm³/mol. The third-order valence-electron chi connectivity index (χ3n) is 4.56. The lowest BCUT2D eigenvalue weighted by Gasteiger charge is -2.18. The first kappa shape index (κ1) is 22.7. The second-order valence-corrected chi connectivity index (χ2v) is 12.5. The Morgan fingerprint density at radius 2 is 1.48 bits per heavy atom. The molecule has 0 saturated heterocycles. The number of hydrogen-bond donors (Lipinski definition) is 0. The van der Waals surface area contributed by atoms with Gasteiger partial charge in [0.1, 0.15) is 0 Å². The molecule has 0 spiro atoms. The van der Waals surface area contributed by atoms with E-state index in [-0.39, 0.29) is 15.8 Å². The molecule has 0 bridgehead atoms. The summed E-state index contributed by atoms with van der Waals surface area (Å²) in [5.74, 6) is 3.15. The van der Waals surface area contributed by atoms with E-state index in [0.717, 1.165) is 24.8 Å². The fourth-order valence-electron chi connectivity index (χ4n) is 3.10. The van der Waals surface area contributed by atoms with Crippen molar-refractivity contribution in [3.63, 3.8) is 0 Å². The highest BCUT2D eigenvalue weighted by molar-refractivity contribution is 7.55. The number of ether oxygens (including phenoxy) is 2. The van der Waals surface area contributed by atoms with Gasteiger partial charge in [0, 0.05) is 30.4 Å². The van der Waals surface area contributed by atoms with Gasteiger partial charge in [0.2, 0.25) is 0 Å². The summed E-state index contributed by atoms with van der Waals surface area (Å²) in [6.07, 6.45) is 7.44. The topological polar surface area (TPSA) is 25.6 Å². The Morgan fingerprint density at radius 1 is 0.920 bits per heavy atom. The highest BCUT2D eigenvalue weighted by Crippen LogP contribution is 2.42. The third kappa shape index (κ3) is 8.27. The van der Waals surface area contributed by atoms with Gasteiger partial charge in [-0.15, -0.1) is 15.8 Å². The molecular formula is C21H40O2P2+2. The fraction of sp³-hybridized carbons (Fsp3) is 0.714. The molecule has 2 nitrogen and oxygen atoms in total. The van der Waals surface area contributed by atoms with E-state index in [2.05, 4.69) is 57.4 Å². The molecule has 1 unspecified atom stereocenters. The lowest BCUT2D eigenvalue weighted by molar-refractivity contribution is 0.0306. The maximum Gasteiger partial charge on any atom is 0.259 e. The Morgan fingerprint density at radius 3 is 1.96 bits per heavy atom. The Hall–Kier alpha value is -0.320. The van der Waals surface area contributed by atoms with E-state index < -0.39 is 0 Å². The molecule has 25 heavy (non-hydrogen) atoms. The Balaban J connectivity index is 3.02. The molecule has 1 atom stereocenters. The Labute approximate surface area is 158 Å². The zero-order valence-corrected chi connectivity index (χ0v) is 19.3. The van der Waals surface area contributed by atoms with Crippen LogP contribution in [0.15, 0.2) is 12.1 Å². The first-order valence-corrected chi connectivity index (χ1v) is 14.5. The number of benzene rings is 1. The summed E-state index contributed by atoms with van der Waals surface area (Å²) in [7, 11) is 1.98. The summed E-state index contributed by atoms with van der Waals surface area (Å²) >= 11 is 0. The molecule has 0 fully saturated rings. The van der Waals surface area contributed by atoms with Crippen LogP contribution in [0.5, 0.6) is 11.5 Å². The van der Waals surface area contributed by atoms with Gasteiger partial charge in [0.15, 0.2) is 13.7 Å². The monoisotopic (exact) mass is 386 g/mol. The van der Waals surface area contributed by atoms with Crippen LogP contribution < -0.4 is 0 Å². The molecule has 144 valence electrons. The van der Waals surface area contributed by atoms with Crippen molar-refractivity contribution in [1.82, 2.24) is 0 Å². The van der Waals surface area contributed by atoms with Crippen LogP contribution in [0.25, 0.3) is 0 Å². The van der Waals surface area contributed by atoms with Crippen LogP contribution >= 0.6 is 15.8 Å². The number of hydrogen-bond acceptors (Lipinski definition) is 0. The molecule has 0 saturated carbocycles. The SMILES string of the molecule is CCCCC(CC)C[OH+]c1cc(CP(C)C)c([OH+]C)cc1CP(C)C. The van der Waals surface area contributed by atoms with Gasteiger partial charge in [0.25, 0.3) is 11.5 Å². The van der Waals surface area contributed by atoms with Crippen LogP contribution in [-0.4, -0.2) is 49.8 Å². The van der Waals surface area contributed by atoms with Gasteiger partial charge < -0.3 is 9.47 Å². The minimum Gasteiger partial charge on any atom is -0.584 e. The summed E-state index contributed by atoms with van der Waals surface area (Å²) in [4.78, 5) is 0. The van der Waals surface area contributed by atoms with Crippen LogP contribution in [0.4, 0.5) is 0 Å². The van der Waals surface area contributed by atoms with Crippen molar-refractivity contribution in [3.8, 4) is 11.5 Å². The fourth-order valence-corrected chi connectivity index (χ4v) is 4.97. The van der Waals surface area contributed by atoms with Crippen molar-refractivity contribution in [3.05, 3.63) is 23.3 Å². The van der Waals surface area contributed by atoms with Gasteiger partial charge in [-0.3, -0.25) is 0 Å². The van der Waals surface area contributed by atoms with Gasteiger partial charge in [-0.1, -0.05) is 26.7 Å². The second kappa shape index (κ2) is 12.1. The van der Waals surface area contributed by atoms with E-state index in [1.807, 2.05) is 7.11 Å². The maximum absolute atomic E-state index is 5.10. The van der Waals surface area contributed by atoms with Gasteiger partial charge >= 0.3 is 0 Å². The summed E-state index contributed by atoms with van der Waals surface area (Å²) in [6.45, 7) is 14.9. The lowest BCUT2D eigenvalue weighted by atomic mass is 10.0. The zero-order valence-electron chi connectivity index (χ0n) is 17.5. The van der Waals surface area contributed by atoms with Crippen LogP contribution in [0, 0.1) is 5.92 Å². The van der Waals surface area contributed by atoms with E-state index >= 15 is 0 Å². The van der Waals surface area contributed by atoms with E-state index in [1.54, 1.807) is 0 Å². The average Bonchev–Trinajstić information content (AvgIpc) is 2.55. The van der Waals surface area contributed by atoms with Crippen LogP contribution in [0.3, 0.4) is 0 Å². The molecule has 0 aliphatic heterocycles. The molecule has 1 rings (SSSR count). The minimum absolute atomic E-state index is 0.0267. The molecule has 0 heterocycles. The summed E-state index contributed by atoms with van der Waals surface area (Å²) in [6, 6.07) is 4.67. The van der Waals surface area contributed by atoms with E-state index in [1.165, 1.54) is 48.3 Å². The maximum atomic E-state index is 5.10. The molecule has 2 N–H and O–H groups in total. The normalized spacial score (nSPS) is 12.7. The van der Waals surface area contributed by atoms with Crippen molar-refractivity contribution >= 4 is 15.8 Å². The van der Waals surface area contributed by atoms with Gasteiger partial charge in [-0.25, -0.2) is 0 Å². The van der Waals surface area contributed by atoms with Crippen molar-refractivity contribution in [1.29, 1.82) is 0 Å². The Bertz CT molecular complexity index is 501. The van der Waals surface area contributed by atoms with E-state index in [0.29, 0.717) is 0 Å². The number of aromatic hydroxyl groups is 2. The van der Waals surface area contributed by atoms with Crippen molar-refractivity contribution < 1.29 is 9.47 Å². The zero-order chi connectivity index (χ0) is 18.8. The molecule has 1 aromatic rings. The molecule has 4 heteroatoms. The average molecular weight is 386 g/mol. The van der Waals surface area contributed by atoms with E-state index in [4.69, 9.17) is 4.74 Å². The first-order chi connectivity index (χ1) is 11.9.